The summed E-state index contributed by atoms with van der Waals surface area (Å²) in [5, 5.41) is 0. The molecule has 88 valence electrons. The maximum absolute atomic E-state index is 6.17. The van der Waals surface area contributed by atoms with Gasteiger partial charge in [-0.15, -0.1) is 0 Å². The van der Waals surface area contributed by atoms with Gasteiger partial charge in [-0.25, -0.2) is 0 Å². The second-order valence-electron chi connectivity index (χ2n) is 4.12. The largest absolute Gasteiger partial charge is 0.486 e. The van der Waals surface area contributed by atoms with Crippen LogP contribution in [0.15, 0.2) is 18.2 Å². The van der Waals surface area contributed by atoms with Crippen molar-refractivity contribution in [1.82, 2.24) is 0 Å². The molecule has 0 fully saturated rings. The van der Waals surface area contributed by atoms with Gasteiger partial charge >= 0.3 is 0 Å². The zero-order valence-corrected chi connectivity index (χ0v) is 9.74. The molecule has 0 aliphatic carbocycles. The Bertz CT molecular complexity index is 352. The van der Waals surface area contributed by atoms with Gasteiger partial charge in [0.25, 0.3) is 0 Å². The van der Waals surface area contributed by atoms with E-state index in [1.807, 2.05) is 18.2 Å². The molecular weight excluding hydrogens is 202 g/mol. The van der Waals surface area contributed by atoms with Crippen LogP contribution < -0.4 is 15.2 Å². The molecule has 1 atom stereocenters. The molecule has 0 radical (unpaired) electrons. The summed E-state index contributed by atoms with van der Waals surface area (Å²) in [6, 6.07) is 6.00. The van der Waals surface area contributed by atoms with Crippen LogP contribution in [0.2, 0.25) is 0 Å². The molecule has 2 rings (SSSR count). The summed E-state index contributed by atoms with van der Waals surface area (Å²) in [7, 11) is 0. The lowest BCUT2D eigenvalue weighted by Crippen LogP contribution is -2.19. The molecule has 1 heterocycles. The van der Waals surface area contributed by atoms with E-state index >= 15 is 0 Å². The van der Waals surface area contributed by atoms with Crippen LogP contribution in [0, 0.1) is 0 Å². The zero-order valence-electron chi connectivity index (χ0n) is 9.74. The minimum Gasteiger partial charge on any atom is -0.486 e. The molecule has 2 N–H and O–H groups in total. The first-order valence-corrected chi connectivity index (χ1v) is 5.97. The summed E-state index contributed by atoms with van der Waals surface area (Å²) in [5.74, 6) is 1.67. The van der Waals surface area contributed by atoms with Crippen molar-refractivity contribution < 1.29 is 9.47 Å². The van der Waals surface area contributed by atoms with Crippen molar-refractivity contribution in [3.05, 3.63) is 23.8 Å². The van der Waals surface area contributed by atoms with Gasteiger partial charge < -0.3 is 15.2 Å². The summed E-state index contributed by atoms with van der Waals surface area (Å²) >= 11 is 0. The van der Waals surface area contributed by atoms with Gasteiger partial charge in [0.2, 0.25) is 0 Å². The number of para-hydroxylation sites is 1. The van der Waals surface area contributed by atoms with Crippen LogP contribution in [0.4, 0.5) is 0 Å². The van der Waals surface area contributed by atoms with Crippen LogP contribution in [0.3, 0.4) is 0 Å². The number of ether oxygens (including phenoxy) is 2. The quantitative estimate of drug-likeness (QED) is 0.850. The normalized spacial score (nSPS) is 15.9. The third-order valence-electron chi connectivity index (χ3n) is 2.86. The van der Waals surface area contributed by atoms with Gasteiger partial charge in [0, 0.05) is 11.6 Å². The van der Waals surface area contributed by atoms with Gasteiger partial charge in [-0.2, -0.15) is 0 Å². The van der Waals surface area contributed by atoms with Crippen molar-refractivity contribution in [3.63, 3.8) is 0 Å². The third-order valence-corrected chi connectivity index (χ3v) is 2.86. The van der Waals surface area contributed by atoms with Crippen molar-refractivity contribution in [2.75, 3.05) is 13.2 Å². The predicted octanol–water partition coefficient (Wildman–Crippen LogP) is 2.65. The Morgan fingerprint density at radius 1 is 1.31 bits per heavy atom. The highest BCUT2D eigenvalue weighted by Crippen LogP contribution is 2.37. The second kappa shape index (κ2) is 5.21. The predicted molar refractivity (Wildman–Crippen MR) is 63.9 cm³/mol. The second-order valence-corrected chi connectivity index (χ2v) is 4.12. The van der Waals surface area contributed by atoms with Gasteiger partial charge in [-0.1, -0.05) is 31.9 Å². The van der Waals surface area contributed by atoms with Gasteiger partial charge in [0.15, 0.2) is 11.5 Å². The molecule has 1 aliphatic heterocycles. The molecule has 1 aromatic carbocycles. The van der Waals surface area contributed by atoms with Crippen LogP contribution in [-0.4, -0.2) is 13.2 Å². The number of hydrogen-bond donors (Lipinski definition) is 1. The smallest absolute Gasteiger partial charge is 0.166 e. The highest BCUT2D eigenvalue weighted by atomic mass is 16.6. The van der Waals surface area contributed by atoms with E-state index in [1.165, 1.54) is 6.42 Å². The average molecular weight is 221 g/mol. The van der Waals surface area contributed by atoms with E-state index in [-0.39, 0.29) is 6.04 Å². The lowest BCUT2D eigenvalue weighted by atomic mass is 10.0. The Balaban J connectivity index is 2.19. The number of unbranched alkanes of at least 4 members (excludes halogenated alkanes) is 1. The van der Waals surface area contributed by atoms with Crippen molar-refractivity contribution in [1.29, 1.82) is 0 Å². The van der Waals surface area contributed by atoms with Gasteiger partial charge in [0.1, 0.15) is 13.2 Å². The molecule has 0 saturated heterocycles. The molecule has 1 aromatic rings. The summed E-state index contributed by atoms with van der Waals surface area (Å²) in [4.78, 5) is 0. The molecular formula is C13H19NO2. The number of rotatable bonds is 4. The van der Waals surface area contributed by atoms with Crippen LogP contribution in [-0.2, 0) is 0 Å². The van der Waals surface area contributed by atoms with E-state index in [4.69, 9.17) is 15.2 Å². The Labute approximate surface area is 96.5 Å². The van der Waals surface area contributed by atoms with Crippen LogP contribution >= 0.6 is 0 Å². The maximum Gasteiger partial charge on any atom is 0.166 e. The lowest BCUT2D eigenvalue weighted by Gasteiger charge is -2.23. The van der Waals surface area contributed by atoms with E-state index in [2.05, 4.69) is 6.92 Å². The van der Waals surface area contributed by atoms with Crippen LogP contribution in [0.25, 0.3) is 0 Å². The SMILES string of the molecule is CCCC[C@H](N)c1cccc2c1OCCO2. The molecule has 1 aliphatic rings. The number of fused-ring (bicyclic) bond motifs is 1. The number of benzene rings is 1. The third kappa shape index (κ3) is 2.30. The van der Waals surface area contributed by atoms with Crippen molar-refractivity contribution in [2.24, 2.45) is 5.73 Å². The summed E-state index contributed by atoms with van der Waals surface area (Å²) in [6.07, 6.45) is 3.31. The Kier molecular flexibility index (Phi) is 3.67. The fourth-order valence-electron chi connectivity index (χ4n) is 1.97. The summed E-state index contributed by atoms with van der Waals surface area (Å²) in [5.41, 5.74) is 7.24. The minimum absolute atomic E-state index is 0.0524. The lowest BCUT2D eigenvalue weighted by molar-refractivity contribution is 0.169. The Hall–Kier alpha value is -1.22. The highest BCUT2D eigenvalue weighted by molar-refractivity contribution is 5.48. The molecule has 0 saturated carbocycles. The number of hydrogen-bond acceptors (Lipinski definition) is 3. The molecule has 3 heteroatoms. The minimum atomic E-state index is 0.0524. The molecule has 0 bridgehead atoms. The summed E-state index contributed by atoms with van der Waals surface area (Å²) < 4.78 is 11.2. The fraction of sp³-hybridized carbons (Fsp3) is 0.538. The van der Waals surface area contributed by atoms with Crippen molar-refractivity contribution in [3.8, 4) is 11.5 Å². The van der Waals surface area contributed by atoms with Crippen molar-refractivity contribution >= 4 is 0 Å². The van der Waals surface area contributed by atoms with Crippen LogP contribution in [0.5, 0.6) is 11.5 Å². The van der Waals surface area contributed by atoms with Crippen molar-refractivity contribution in [2.45, 2.75) is 32.2 Å². The average Bonchev–Trinajstić information content (AvgIpc) is 2.35. The first kappa shape index (κ1) is 11.3. The first-order valence-electron chi connectivity index (χ1n) is 5.97. The fourth-order valence-corrected chi connectivity index (χ4v) is 1.97. The van der Waals surface area contributed by atoms with E-state index in [1.54, 1.807) is 0 Å². The highest BCUT2D eigenvalue weighted by Gasteiger charge is 2.19. The van der Waals surface area contributed by atoms with Gasteiger partial charge in [-0.05, 0) is 12.5 Å². The molecule has 0 unspecified atom stereocenters. The molecule has 3 nitrogen and oxygen atoms in total. The van der Waals surface area contributed by atoms with E-state index in [0.717, 1.165) is 29.9 Å². The maximum atomic E-state index is 6.17. The standard InChI is InChI=1S/C13H19NO2/c1-2-3-6-11(14)10-5-4-7-12-13(10)16-9-8-15-12/h4-5,7,11H,2-3,6,8-9,14H2,1H3/t11-/m0/s1. The molecule has 0 aromatic heterocycles. The molecule has 16 heavy (non-hydrogen) atoms. The van der Waals surface area contributed by atoms with Gasteiger partial charge in [0.05, 0.1) is 0 Å². The topological polar surface area (TPSA) is 44.5 Å². The van der Waals surface area contributed by atoms with E-state index < -0.39 is 0 Å². The Morgan fingerprint density at radius 2 is 2.12 bits per heavy atom. The first-order chi connectivity index (χ1) is 7.83. The number of nitrogens with two attached hydrogens (primary N) is 1. The van der Waals surface area contributed by atoms with E-state index in [0.29, 0.717) is 13.2 Å². The molecule has 0 amide bonds. The van der Waals surface area contributed by atoms with Crippen LogP contribution in [0.1, 0.15) is 37.8 Å². The van der Waals surface area contributed by atoms with Gasteiger partial charge in [-0.3, -0.25) is 0 Å². The molecule has 0 spiro atoms. The monoisotopic (exact) mass is 221 g/mol. The Morgan fingerprint density at radius 3 is 2.94 bits per heavy atom. The van der Waals surface area contributed by atoms with E-state index in [9.17, 15) is 0 Å². The summed E-state index contributed by atoms with van der Waals surface area (Å²) in [6.45, 7) is 3.41. The zero-order chi connectivity index (χ0) is 11.4.